The van der Waals surface area contributed by atoms with E-state index in [9.17, 15) is 0 Å². The molecule has 0 radical (unpaired) electrons. The first kappa shape index (κ1) is 15.9. The summed E-state index contributed by atoms with van der Waals surface area (Å²) in [5.74, 6) is 0.718. The third-order valence-electron chi connectivity index (χ3n) is 4.49. The van der Waals surface area contributed by atoms with E-state index in [1.165, 1.54) is 18.5 Å². The smallest absolute Gasteiger partial charge is 0.0544 e. The second kappa shape index (κ2) is 7.53. The molecule has 1 saturated heterocycles. The third kappa shape index (κ3) is 4.03. The van der Waals surface area contributed by atoms with E-state index in [1.807, 2.05) is 6.20 Å². The summed E-state index contributed by atoms with van der Waals surface area (Å²) < 4.78 is 1.05. The molecular weight excluding hydrogens is 314 g/mol. The fourth-order valence-corrected chi connectivity index (χ4v) is 3.13. The molecule has 1 aliphatic heterocycles. The normalized spacial score (nSPS) is 25.6. The zero-order valence-corrected chi connectivity index (χ0v) is 14.4. The van der Waals surface area contributed by atoms with Crippen molar-refractivity contribution in [2.24, 2.45) is 5.92 Å². The number of hydrogen-bond donors (Lipinski definition) is 1. The molecule has 20 heavy (non-hydrogen) atoms. The quantitative estimate of drug-likeness (QED) is 0.890. The van der Waals surface area contributed by atoms with Crippen LogP contribution in [-0.2, 0) is 6.54 Å². The van der Waals surface area contributed by atoms with Gasteiger partial charge in [0.15, 0.2) is 0 Å². The topological polar surface area (TPSA) is 28.2 Å². The van der Waals surface area contributed by atoms with E-state index >= 15 is 0 Å². The zero-order chi connectivity index (χ0) is 14.5. The highest BCUT2D eigenvalue weighted by Gasteiger charge is 2.30. The highest BCUT2D eigenvalue weighted by molar-refractivity contribution is 9.10. The Balaban J connectivity index is 2.08. The summed E-state index contributed by atoms with van der Waals surface area (Å²) in [4.78, 5) is 7.15. The second-order valence-corrected chi connectivity index (χ2v) is 6.78. The Morgan fingerprint density at radius 1 is 1.45 bits per heavy atom. The average molecular weight is 340 g/mol. The first-order valence-corrected chi connectivity index (χ1v) is 8.51. The molecule has 0 aliphatic carbocycles. The van der Waals surface area contributed by atoms with Crippen LogP contribution in [-0.4, -0.2) is 35.1 Å². The van der Waals surface area contributed by atoms with Crippen LogP contribution in [0, 0.1) is 5.92 Å². The molecule has 3 unspecified atom stereocenters. The molecule has 3 nitrogen and oxygen atoms in total. The predicted molar refractivity (Wildman–Crippen MR) is 87.7 cm³/mol. The van der Waals surface area contributed by atoms with Crippen LogP contribution in [0.2, 0.25) is 0 Å². The summed E-state index contributed by atoms with van der Waals surface area (Å²) >= 11 is 3.45. The monoisotopic (exact) mass is 339 g/mol. The van der Waals surface area contributed by atoms with Crippen molar-refractivity contribution in [3.63, 3.8) is 0 Å². The van der Waals surface area contributed by atoms with Gasteiger partial charge in [0.05, 0.1) is 5.69 Å². The van der Waals surface area contributed by atoms with Gasteiger partial charge in [-0.3, -0.25) is 9.88 Å². The van der Waals surface area contributed by atoms with E-state index in [4.69, 9.17) is 0 Å². The highest BCUT2D eigenvalue weighted by atomic mass is 79.9. The number of hydrogen-bond acceptors (Lipinski definition) is 3. The maximum atomic E-state index is 4.53. The van der Waals surface area contributed by atoms with Gasteiger partial charge in [-0.15, -0.1) is 0 Å². The lowest BCUT2D eigenvalue weighted by Gasteiger charge is -2.42. The fraction of sp³-hybridized carbons (Fsp3) is 0.688. The van der Waals surface area contributed by atoms with Gasteiger partial charge in [-0.2, -0.15) is 0 Å². The first-order valence-electron chi connectivity index (χ1n) is 7.71. The second-order valence-electron chi connectivity index (χ2n) is 5.86. The largest absolute Gasteiger partial charge is 0.311 e. The van der Waals surface area contributed by atoms with Gasteiger partial charge in [0.2, 0.25) is 0 Å². The number of piperazine rings is 1. The van der Waals surface area contributed by atoms with Gasteiger partial charge in [0.1, 0.15) is 0 Å². The van der Waals surface area contributed by atoms with Crippen LogP contribution in [0.15, 0.2) is 22.8 Å². The molecule has 0 spiro atoms. The first-order chi connectivity index (χ1) is 9.63. The Morgan fingerprint density at radius 3 is 2.85 bits per heavy atom. The summed E-state index contributed by atoms with van der Waals surface area (Å²) in [6, 6.07) is 5.44. The van der Waals surface area contributed by atoms with Gasteiger partial charge in [-0.25, -0.2) is 0 Å². The molecular formula is C16H26BrN3. The van der Waals surface area contributed by atoms with Gasteiger partial charge < -0.3 is 5.32 Å². The van der Waals surface area contributed by atoms with E-state index in [-0.39, 0.29) is 0 Å². The molecule has 112 valence electrons. The molecule has 2 heterocycles. The molecule has 0 amide bonds. The standard InChI is InChI=1S/C16H26BrN3/c1-4-12(3)16-9-19-14(5-2)10-20(16)11-15-7-6-13(17)8-18-15/h6-8,12,14,16,19H,4-5,9-11H2,1-3H3. The molecule has 0 aromatic carbocycles. The lowest BCUT2D eigenvalue weighted by atomic mass is 9.94. The van der Waals surface area contributed by atoms with Gasteiger partial charge in [-0.1, -0.05) is 27.2 Å². The van der Waals surface area contributed by atoms with Crippen LogP contribution in [0.25, 0.3) is 0 Å². The number of rotatable bonds is 5. The molecule has 1 aliphatic rings. The maximum Gasteiger partial charge on any atom is 0.0544 e. The maximum absolute atomic E-state index is 4.53. The number of pyridine rings is 1. The lowest BCUT2D eigenvalue weighted by molar-refractivity contribution is 0.0821. The Kier molecular flexibility index (Phi) is 6.00. The lowest BCUT2D eigenvalue weighted by Crippen LogP contribution is -2.57. The van der Waals surface area contributed by atoms with E-state index in [1.54, 1.807) is 0 Å². The molecule has 1 aromatic heterocycles. The van der Waals surface area contributed by atoms with Gasteiger partial charge in [-0.05, 0) is 40.4 Å². The minimum absolute atomic E-state index is 0.616. The van der Waals surface area contributed by atoms with Crippen LogP contribution in [0.1, 0.15) is 39.3 Å². The Bertz CT molecular complexity index is 407. The van der Waals surface area contributed by atoms with Crippen LogP contribution >= 0.6 is 15.9 Å². The van der Waals surface area contributed by atoms with Crippen molar-refractivity contribution in [3.8, 4) is 0 Å². The minimum atomic E-state index is 0.616. The van der Waals surface area contributed by atoms with Crippen LogP contribution in [0.3, 0.4) is 0 Å². The number of halogens is 1. The summed E-state index contributed by atoms with van der Waals surface area (Å²) in [7, 11) is 0. The highest BCUT2D eigenvalue weighted by Crippen LogP contribution is 2.21. The molecule has 0 bridgehead atoms. The van der Waals surface area contributed by atoms with Crippen LogP contribution < -0.4 is 5.32 Å². The molecule has 1 aromatic rings. The van der Waals surface area contributed by atoms with Gasteiger partial charge in [0.25, 0.3) is 0 Å². The van der Waals surface area contributed by atoms with Crippen molar-refractivity contribution < 1.29 is 0 Å². The van der Waals surface area contributed by atoms with Crippen molar-refractivity contribution in [2.45, 2.75) is 52.2 Å². The van der Waals surface area contributed by atoms with Crippen molar-refractivity contribution in [2.75, 3.05) is 13.1 Å². The van der Waals surface area contributed by atoms with E-state index in [0.717, 1.165) is 30.0 Å². The number of aromatic nitrogens is 1. The van der Waals surface area contributed by atoms with E-state index in [2.05, 4.69) is 64.0 Å². The third-order valence-corrected chi connectivity index (χ3v) is 4.96. The number of nitrogens with one attached hydrogen (secondary N) is 1. The zero-order valence-electron chi connectivity index (χ0n) is 12.8. The summed E-state index contributed by atoms with van der Waals surface area (Å²) in [5.41, 5.74) is 1.17. The van der Waals surface area contributed by atoms with E-state index in [0.29, 0.717) is 12.1 Å². The van der Waals surface area contributed by atoms with Crippen molar-refractivity contribution >= 4 is 15.9 Å². The Morgan fingerprint density at radius 2 is 2.25 bits per heavy atom. The Hall–Kier alpha value is -0.450. The summed E-state index contributed by atoms with van der Waals surface area (Å²) in [6.07, 6.45) is 4.32. The number of nitrogens with zero attached hydrogens (tertiary/aromatic N) is 2. The molecule has 1 fully saturated rings. The molecule has 4 heteroatoms. The summed E-state index contributed by atoms with van der Waals surface area (Å²) in [5, 5.41) is 3.69. The van der Waals surface area contributed by atoms with Crippen molar-refractivity contribution in [3.05, 3.63) is 28.5 Å². The van der Waals surface area contributed by atoms with Crippen LogP contribution in [0.4, 0.5) is 0 Å². The van der Waals surface area contributed by atoms with Crippen LogP contribution in [0.5, 0.6) is 0 Å². The molecule has 2 rings (SSSR count). The van der Waals surface area contributed by atoms with Crippen molar-refractivity contribution in [1.29, 1.82) is 0 Å². The fourth-order valence-electron chi connectivity index (χ4n) is 2.90. The molecule has 0 saturated carbocycles. The Labute approximate surface area is 131 Å². The summed E-state index contributed by atoms with van der Waals surface area (Å²) in [6.45, 7) is 10.1. The minimum Gasteiger partial charge on any atom is -0.311 e. The SMILES string of the molecule is CCC1CN(Cc2ccc(Br)cn2)C(C(C)CC)CN1. The van der Waals surface area contributed by atoms with E-state index < -0.39 is 0 Å². The van der Waals surface area contributed by atoms with Gasteiger partial charge >= 0.3 is 0 Å². The van der Waals surface area contributed by atoms with Gasteiger partial charge in [0, 0.05) is 42.4 Å². The van der Waals surface area contributed by atoms with Crippen molar-refractivity contribution in [1.82, 2.24) is 15.2 Å². The molecule has 1 N–H and O–H groups in total. The predicted octanol–water partition coefficient (Wildman–Crippen LogP) is 3.44. The molecule has 3 atom stereocenters. The average Bonchev–Trinajstić information content (AvgIpc) is 2.48.